The zero-order valence-electron chi connectivity index (χ0n) is 7.76. The maximum absolute atomic E-state index is 11.7. The van der Waals surface area contributed by atoms with Crippen LogP contribution < -0.4 is 0 Å². The summed E-state index contributed by atoms with van der Waals surface area (Å²) in [6.07, 6.45) is 3.42. The van der Waals surface area contributed by atoms with Gasteiger partial charge in [0.1, 0.15) is 6.04 Å². The van der Waals surface area contributed by atoms with Crippen LogP contribution in [0, 0.1) is 5.41 Å². The lowest BCUT2D eigenvalue weighted by Crippen LogP contribution is -2.39. The number of piperidine rings is 1. The predicted octanol–water partition coefficient (Wildman–Crippen LogP) is 1.50. The molecule has 0 radical (unpaired) electrons. The third kappa shape index (κ3) is 0.812. The number of hydrogen-bond acceptors (Lipinski definition) is 2. The van der Waals surface area contributed by atoms with Crippen molar-refractivity contribution in [1.82, 2.24) is 9.91 Å². The van der Waals surface area contributed by atoms with E-state index < -0.39 is 0 Å². The molecule has 0 aromatic rings. The van der Waals surface area contributed by atoms with E-state index in [-0.39, 0.29) is 17.5 Å². The van der Waals surface area contributed by atoms with E-state index >= 15 is 0 Å². The van der Waals surface area contributed by atoms with Crippen LogP contribution in [0.2, 0.25) is 0 Å². The molecule has 2 aliphatic heterocycles. The maximum atomic E-state index is 11.7. The summed E-state index contributed by atoms with van der Waals surface area (Å²) in [4.78, 5) is 16.2. The van der Waals surface area contributed by atoms with Crippen molar-refractivity contribution in [1.29, 1.82) is 0 Å². The number of rotatable bonds is 1. The zero-order chi connectivity index (χ0) is 9.76. The number of fused-ring (bicyclic) bond motifs is 3. The summed E-state index contributed by atoms with van der Waals surface area (Å²) >= 11 is 0. The molecule has 2 saturated heterocycles. The molecule has 1 aliphatic carbocycles. The van der Waals surface area contributed by atoms with Gasteiger partial charge in [-0.05, 0) is 24.5 Å². The highest BCUT2D eigenvalue weighted by molar-refractivity contribution is 5.77. The third-order valence-electron chi connectivity index (χ3n) is 3.77. The second kappa shape index (κ2) is 2.33. The summed E-state index contributed by atoms with van der Waals surface area (Å²) < 4.78 is 0. The molecule has 74 valence electrons. The molecule has 14 heavy (non-hydrogen) atoms. The number of nitrogens with zero attached hydrogens (tertiary/aromatic N) is 5. The summed E-state index contributed by atoms with van der Waals surface area (Å²) in [6.45, 7) is 1.57. The molecule has 2 amide bonds. The fourth-order valence-corrected chi connectivity index (χ4v) is 2.69. The van der Waals surface area contributed by atoms with E-state index in [0.717, 1.165) is 19.5 Å². The molecule has 3 fully saturated rings. The molecule has 3 rings (SSSR count). The Labute approximate surface area is 81.1 Å². The molecule has 1 saturated carbocycles. The Balaban J connectivity index is 1.97. The lowest BCUT2D eigenvalue weighted by molar-refractivity contribution is 0.176. The van der Waals surface area contributed by atoms with Crippen LogP contribution in [-0.4, -0.2) is 35.1 Å². The van der Waals surface area contributed by atoms with E-state index in [9.17, 15) is 4.79 Å². The highest BCUT2D eigenvalue weighted by atomic mass is 16.2. The first-order valence-electron chi connectivity index (χ1n) is 4.90. The summed E-state index contributed by atoms with van der Waals surface area (Å²) in [7, 11) is 0. The van der Waals surface area contributed by atoms with Gasteiger partial charge in [-0.1, -0.05) is 0 Å². The van der Waals surface area contributed by atoms with Crippen LogP contribution in [-0.2, 0) is 0 Å². The molecular weight excluding hydrogens is 182 g/mol. The van der Waals surface area contributed by atoms with Crippen molar-refractivity contribution in [2.75, 3.05) is 13.1 Å². The standard InChI is InChI=1S/C8H11N5O/c9-10-11-13-6-5-12(7(13)14)4-3-8(6)1-2-8/h6H,1-5H2/t6-/m1/s1. The normalized spacial score (nSPS) is 32.0. The molecule has 0 N–H and O–H groups in total. The minimum absolute atomic E-state index is 0.114. The van der Waals surface area contributed by atoms with E-state index in [1.165, 1.54) is 17.9 Å². The van der Waals surface area contributed by atoms with E-state index in [0.29, 0.717) is 0 Å². The first-order valence-corrected chi connectivity index (χ1v) is 4.90. The summed E-state index contributed by atoms with van der Waals surface area (Å²) in [5.41, 5.74) is 8.69. The van der Waals surface area contributed by atoms with Crippen LogP contribution in [0.1, 0.15) is 19.3 Å². The van der Waals surface area contributed by atoms with Gasteiger partial charge in [-0.3, -0.25) is 0 Å². The van der Waals surface area contributed by atoms with Gasteiger partial charge in [0.2, 0.25) is 0 Å². The van der Waals surface area contributed by atoms with Gasteiger partial charge < -0.3 is 4.90 Å². The van der Waals surface area contributed by atoms with Gasteiger partial charge in [-0.25, -0.2) is 4.79 Å². The molecule has 0 aromatic heterocycles. The molecule has 2 heterocycles. The van der Waals surface area contributed by atoms with Crippen molar-refractivity contribution >= 4 is 6.03 Å². The van der Waals surface area contributed by atoms with Crippen LogP contribution in [0.25, 0.3) is 10.4 Å². The van der Waals surface area contributed by atoms with Crippen LogP contribution in [0.4, 0.5) is 4.79 Å². The molecule has 1 spiro atoms. The fourth-order valence-electron chi connectivity index (χ4n) is 2.69. The van der Waals surface area contributed by atoms with Crippen molar-refractivity contribution in [2.24, 2.45) is 10.6 Å². The molecule has 6 nitrogen and oxygen atoms in total. The van der Waals surface area contributed by atoms with Gasteiger partial charge >= 0.3 is 6.03 Å². The van der Waals surface area contributed by atoms with Crippen molar-refractivity contribution in [3.63, 3.8) is 0 Å². The Morgan fingerprint density at radius 2 is 2.29 bits per heavy atom. The van der Waals surface area contributed by atoms with E-state index in [1.54, 1.807) is 4.90 Å². The summed E-state index contributed by atoms with van der Waals surface area (Å²) in [5.74, 6) is 0. The molecule has 6 heteroatoms. The molecule has 0 unspecified atom stereocenters. The van der Waals surface area contributed by atoms with E-state index in [1.807, 2.05) is 0 Å². The maximum Gasteiger partial charge on any atom is 0.414 e. The first-order chi connectivity index (χ1) is 6.77. The molecule has 2 bridgehead atoms. The van der Waals surface area contributed by atoms with Gasteiger partial charge in [-0.2, -0.15) is 9.92 Å². The molecule has 0 aromatic carbocycles. The Hall–Kier alpha value is -1.42. The van der Waals surface area contributed by atoms with Gasteiger partial charge in [0.25, 0.3) is 0 Å². The average molecular weight is 193 g/mol. The van der Waals surface area contributed by atoms with Gasteiger partial charge in [0.05, 0.1) is 6.54 Å². The summed E-state index contributed by atoms with van der Waals surface area (Å²) in [5, 5.41) is 4.85. The number of azide groups is 1. The van der Waals surface area contributed by atoms with Gasteiger partial charge in [0, 0.05) is 12.0 Å². The number of carbonyl (C=O) groups excluding carboxylic acids is 1. The molecule has 3 aliphatic rings. The lowest BCUT2D eigenvalue weighted by atomic mass is 9.90. The fraction of sp³-hybridized carbons (Fsp3) is 0.875. The van der Waals surface area contributed by atoms with Crippen LogP contribution in [0.15, 0.2) is 5.22 Å². The topological polar surface area (TPSA) is 72.3 Å². The monoisotopic (exact) mass is 193 g/mol. The van der Waals surface area contributed by atoms with Crippen molar-refractivity contribution in [3.05, 3.63) is 10.4 Å². The Morgan fingerprint density at radius 3 is 2.93 bits per heavy atom. The number of urea groups is 1. The second-order valence-corrected chi connectivity index (χ2v) is 4.38. The van der Waals surface area contributed by atoms with Gasteiger partial charge in [-0.15, -0.1) is 5.53 Å². The minimum atomic E-state index is -0.114. The summed E-state index contributed by atoms with van der Waals surface area (Å²) in [6, 6.07) is 0.0243. The predicted molar refractivity (Wildman–Crippen MR) is 48.0 cm³/mol. The van der Waals surface area contributed by atoms with Crippen molar-refractivity contribution < 1.29 is 4.79 Å². The minimum Gasteiger partial charge on any atom is -0.300 e. The smallest absolute Gasteiger partial charge is 0.300 e. The quantitative estimate of drug-likeness (QED) is 0.353. The SMILES string of the molecule is [N-]=[N+]=NN1C(=O)N2CCC3(CC3)[C@H]1C2. The Kier molecular flexibility index (Phi) is 1.32. The first kappa shape index (κ1) is 7.94. The van der Waals surface area contributed by atoms with Crippen molar-refractivity contribution in [2.45, 2.75) is 25.3 Å². The molecular formula is C8H11N5O. The number of amides is 2. The highest BCUT2D eigenvalue weighted by Crippen LogP contribution is 2.57. The van der Waals surface area contributed by atoms with E-state index in [4.69, 9.17) is 5.53 Å². The lowest BCUT2D eigenvalue weighted by Gasteiger charge is -2.27. The number of carbonyl (C=O) groups is 1. The Morgan fingerprint density at radius 1 is 1.50 bits per heavy atom. The van der Waals surface area contributed by atoms with Gasteiger partial charge in [0.15, 0.2) is 0 Å². The van der Waals surface area contributed by atoms with E-state index in [2.05, 4.69) is 10.1 Å². The third-order valence-corrected chi connectivity index (χ3v) is 3.77. The van der Waals surface area contributed by atoms with Crippen LogP contribution >= 0.6 is 0 Å². The largest absolute Gasteiger partial charge is 0.414 e. The van der Waals surface area contributed by atoms with Crippen LogP contribution in [0.5, 0.6) is 0 Å². The number of hydrogen-bond donors (Lipinski definition) is 0. The second-order valence-electron chi connectivity index (χ2n) is 4.38. The average Bonchev–Trinajstić information content (AvgIpc) is 2.91. The Bertz CT molecular complexity index is 344. The molecule has 1 atom stereocenters. The zero-order valence-corrected chi connectivity index (χ0v) is 7.76. The van der Waals surface area contributed by atoms with Crippen molar-refractivity contribution in [3.8, 4) is 0 Å². The van der Waals surface area contributed by atoms with Crippen LogP contribution in [0.3, 0.4) is 0 Å². The highest BCUT2D eigenvalue weighted by Gasteiger charge is 2.62.